The molecule has 21 heteroatoms. The molecule has 440 valence electrons. The molecule has 9 N–H and O–H groups in total. The van der Waals surface area contributed by atoms with Gasteiger partial charge in [-0.25, -0.2) is 23.1 Å². The van der Waals surface area contributed by atoms with Crippen molar-refractivity contribution in [2.75, 3.05) is 21.3 Å². The molecule has 2 aliphatic carbocycles. The Morgan fingerprint density at radius 2 is 0.976 bits per heavy atom. The van der Waals surface area contributed by atoms with Crippen LogP contribution in [0.15, 0.2) is 134 Å². The number of hydrogen-bond acceptors (Lipinski definition) is 14. The Hall–Kier alpha value is -8.40. The molecule has 4 aromatic heterocycles. The van der Waals surface area contributed by atoms with Crippen molar-refractivity contribution in [2.24, 2.45) is 5.73 Å². The molecule has 2 aliphatic rings. The first-order chi connectivity index (χ1) is 40.0. The summed E-state index contributed by atoms with van der Waals surface area (Å²) in [5.41, 5.74) is 15.2. The number of fused-ring (bicyclic) bond motifs is 2. The number of nitrogens with zero attached hydrogens (tertiary/aromatic N) is 8. The van der Waals surface area contributed by atoms with Crippen LogP contribution in [0.1, 0.15) is 117 Å². The quantitative estimate of drug-likeness (QED) is 0.0421. The maximum absolute atomic E-state index is 13.6. The van der Waals surface area contributed by atoms with Crippen LogP contribution in [0.3, 0.4) is 0 Å². The number of hydrogen-bond donors (Lipinski definition) is 8. The average molecular weight is 1150 g/mol. The van der Waals surface area contributed by atoms with Crippen molar-refractivity contribution in [1.29, 1.82) is 0 Å². The average Bonchev–Trinajstić information content (AvgIpc) is 4.01. The number of carbonyl (C=O) groups is 1. The van der Waals surface area contributed by atoms with Crippen LogP contribution < -0.4 is 37.8 Å². The van der Waals surface area contributed by atoms with Gasteiger partial charge in [0.25, 0.3) is 0 Å². The summed E-state index contributed by atoms with van der Waals surface area (Å²) < 4.78 is 43.6. The van der Waals surface area contributed by atoms with E-state index in [4.69, 9.17) is 35.7 Å². The summed E-state index contributed by atoms with van der Waals surface area (Å²) >= 11 is 0. The van der Waals surface area contributed by atoms with Gasteiger partial charge >= 0.3 is 7.12 Å². The Morgan fingerprint density at radius 3 is 1.36 bits per heavy atom. The summed E-state index contributed by atoms with van der Waals surface area (Å²) in [4.78, 5) is 39.8. The smallest absolute Gasteiger partial charge is 0.423 e. The molecule has 0 unspecified atom stereocenters. The first-order valence-electron chi connectivity index (χ1n) is 28.4. The van der Waals surface area contributed by atoms with Crippen LogP contribution >= 0.6 is 0 Å². The number of halogens is 3. The fraction of sp³-hybridized carbons (Fsp3) is 0.349. The predicted molar refractivity (Wildman–Crippen MR) is 330 cm³/mol. The highest BCUT2D eigenvalue weighted by Gasteiger charge is 2.25. The second-order valence-electron chi connectivity index (χ2n) is 21.8. The van der Waals surface area contributed by atoms with Crippen LogP contribution in [0, 0.1) is 17.5 Å². The molecular weight excluding hydrogens is 1070 g/mol. The lowest BCUT2D eigenvalue weighted by atomic mass is 9.80. The van der Waals surface area contributed by atoms with Gasteiger partial charge in [0.1, 0.15) is 17.5 Å². The molecule has 17 nitrogen and oxygen atoms in total. The van der Waals surface area contributed by atoms with Crippen molar-refractivity contribution in [3.8, 4) is 22.3 Å². The van der Waals surface area contributed by atoms with E-state index in [1.807, 2.05) is 73.3 Å². The monoisotopic (exact) mass is 1140 g/mol. The van der Waals surface area contributed by atoms with Gasteiger partial charge in [-0.3, -0.25) is 4.79 Å². The maximum atomic E-state index is 13.6. The van der Waals surface area contributed by atoms with Crippen molar-refractivity contribution in [3.05, 3.63) is 163 Å². The van der Waals surface area contributed by atoms with Crippen LogP contribution in [0.5, 0.6) is 0 Å². The molecule has 0 atom stereocenters. The van der Waals surface area contributed by atoms with E-state index in [1.165, 1.54) is 36.4 Å². The summed E-state index contributed by atoms with van der Waals surface area (Å²) in [7, 11) is -1.59. The van der Waals surface area contributed by atoms with Crippen molar-refractivity contribution in [2.45, 2.75) is 143 Å². The Kier molecular flexibility index (Phi) is 21.1. The molecule has 4 heterocycles. The molecule has 2 saturated carbocycles. The Bertz CT molecular complexity index is 3590. The Morgan fingerprint density at radius 1 is 0.571 bits per heavy atom. The minimum Gasteiger partial charge on any atom is -0.423 e. The molecule has 0 radical (unpaired) electrons. The van der Waals surface area contributed by atoms with Gasteiger partial charge in [-0.15, -0.1) is 0 Å². The molecule has 5 aromatic carbocycles. The number of nitrogens with one attached hydrogen (secondary N) is 5. The first kappa shape index (κ1) is 61.7. The van der Waals surface area contributed by atoms with Gasteiger partial charge in [0.15, 0.2) is 34.0 Å². The number of amides is 1. The lowest BCUT2D eigenvalue weighted by Crippen LogP contribution is -2.39. The van der Waals surface area contributed by atoms with Crippen LogP contribution in [-0.2, 0) is 17.9 Å². The molecule has 1 amide bonds. The maximum Gasteiger partial charge on any atom is 0.488 e. The van der Waals surface area contributed by atoms with Gasteiger partial charge in [0.2, 0.25) is 17.8 Å². The van der Waals surface area contributed by atoms with E-state index in [2.05, 4.69) is 73.4 Å². The molecule has 9 aromatic rings. The predicted octanol–water partition coefficient (Wildman–Crippen LogP) is 11.3. The molecule has 84 heavy (non-hydrogen) atoms. The summed E-state index contributed by atoms with van der Waals surface area (Å²) in [5, 5.41) is 34.1. The summed E-state index contributed by atoms with van der Waals surface area (Å²) in [6.45, 7) is 11.2. The molecule has 11 rings (SSSR count). The molecule has 0 aliphatic heterocycles. The van der Waals surface area contributed by atoms with Crippen molar-refractivity contribution in [1.82, 2.24) is 44.4 Å². The van der Waals surface area contributed by atoms with E-state index in [0.29, 0.717) is 48.7 Å². The normalized spacial score (nSPS) is 16.6. The minimum atomic E-state index is -1.59. The highest BCUT2D eigenvalue weighted by molar-refractivity contribution is 6.58. The first-order valence-corrected chi connectivity index (χ1v) is 28.4. The van der Waals surface area contributed by atoms with Gasteiger partial charge in [0, 0.05) is 56.3 Å². The standard InChI is InChI=1S/C29H34FN7O.C27H32FN7.C6H6BFO2.CH4/c1-18(2)37-17-32-26-27(31-16-20-7-9-21(10-8-20)22-5-4-6-23(30)15-22)35-29(36-28(26)37)34-25-13-11-24(12-14-25)33-19(3)38;1-17(2)35-16-31-24-25(33-27(34-26(24)35)32-23-12-10-22(29)11-13-23)30-15-18-6-8-19(9-7-18)20-4-3-5-21(28)14-20;8-6-3-1-2-5(4-6)7(9)10;/h4-10,15,17-18,24-25H,11-14,16H2,1-3H3,(H,33,38)(H2,31,34,35,36);3-9,14,16-17,22-23H,10-13,15,29H2,1-2H3,(H2,30,32,33,34);1-4,9-10H;1H4. The lowest BCUT2D eigenvalue weighted by Gasteiger charge is -2.29. The molecule has 0 saturated heterocycles. The zero-order chi connectivity index (χ0) is 58.6. The van der Waals surface area contributed by atoms with E-state index in [-0.39, 0.29) is 54.6 Å². The van der Waals surface area contributed by atoms with Crippen molar-refractivity contribution in [3.63, 3.8) is 0 Å². The van der Waals surface area contributed by atoms with Crippen LogP contribution in [0.2, 0.25) is 0 Å². The Labute approximate surface area is 489 Å². The van der Waals surface area contributed by atoms with Gasteiger partial charge in [-0.05, 0) is 154 Å². The van der Waals surface area contributed by atoms with Gasteiger partial charge in [-0.2, -0.15) is 19.9 Å². The van der Waals surface area contributed by atoms with Crippen molar-refractivity contribution >= 4 is 64.3 Å². The van der Waals surface area contributed by atoms with Crippen molar-refractivity contribution < 1.29 is 28.0 Å². The molecular formula is C63H76BF3N14O3. The van der Waals surface area contributed by atoms with E-state index in [1.54, 1.807) is 25.1 Å². The second kappa shape index (κ2) is 28.7. The fourth-order valence-electron chi connectivity index (χ4n) is 10.3. The van der Waals surface area contributed by atoms with Crippen LogP contribution in [0.4, 0.5) is 36.7 Å². The van der Waals surface area contributed by atoms with Gasteiger partial charge in [-0.1, -0.05) is 92.4 Å². The summed E-state index contributed by atoms with van der Waals surface area (Å²) in [5.74, 6) is 1.66. The second-order valence-corrected chi connectivity index (χ2v) is 21.8. The number of imidazole rings is 2. The number of benzene rings is 5. The topological polar surface area (TPSA) is 231 Å². The van der Waals surface area contributed by atoms with E-state index >= 15 is 0 Å². The third-order valence-electron chi connectivity index (χ3n) is 14.8. The third-order valence-corrected chi connectivity index (χ3v) is 14.8. The minimum absolute atomic E-state index is 0. The van der Waals surface area contributed by atoms with Crippen LogP contribution in [-0.4, -0.2) is 86.3 Å². The number of rotatable bonds is 16. The van der Waals surface area contributed by atoms with E-state index in [0.717, 1.165) is 113 Å². The zero-order valence-electron chi connectivity index (χ0n) is 47.4. The number of nitrogens with two attached hydrogens (primary N) is 1. The fourth-order valence-corrected chi connectivity index (χ4v) is 10.3. The highest BCUT2D eigenvalue weighted by atomic mass is 19.1. The van der Waals surface area contributed by atoms with E-state index < -0.39 is 12.9 Å². The molecule has 0 spiro atoms. The third kappa shape index (κ3) is 16.4. The largest absolute Gasteiger partial charge is 0.488 e. The lowest BCUT2D eigenvalue weighted by molar-refractivity contribution is -0.119. The number of anilines is 4. The number of aromatic nitrogens is 8. The summed E-state index contributed by atoms with van der Waals surface area (Å²) in [6, 6.07) is 36.1. The Balaban J connectivity index is 0.000000186. The molecule has 2 fully saturated rings. The van der Waals surface area contributed by atoms with Gasteiger partial charge in [0.05, 0.1) is 12.7 Å². The molecule has 0 bridgehead atoms. The zero-order valence-corrected chi connectivity index (χ0v) is 47.4. The van der Waals surface area contributed by atoms with E-state index in [9.17, 15) is 18.0 Å². The summed E-state index contributed by atoms with van der Waals surface area (Å²) in [6.07, 6.45) is 11.4. The SMILES string of the molecule is C.CC(=O)NC1CCC(Nc2nc(NCc3ccc(-c4cccc(F)c4)cc3)c3ncn(C(C)C)c3n2)CC1.CC(C)n1cnc2c(NCc3ccc(-c4cccc(F)c4)cc3)nc(NC3CCC(N)CC3)nc21.OB(O)c1cccc(F)c1. The van der Waals surface area contributed by atoms with Crippen LogP contribution in [0.25, 0.3) is 44.6 Å². The highest BCUT2D eigenvalue weighted by Crippen LogP contribution is 2.30. The van der Waals surface area contributed by atoms with Gasteiger partial charge < -0.3 is 51.5 Å². The number of carbonyl (C=O) groups excluding carboxylic acids is 1.